The molecule has 3 heteroatoms. The molecule has 0 fully saturated rings. The standard InChI is InChI=1S/C14H21NO2/c1-10-7-11(2)14(17-4)13(8-10)9-15-6-5-12(3)16/h7-8,15H,5-6,9H2,1-4H3. The maximum absolute atomic E-state index is 10.8. The van der Waals surface area contributed by atoms with Gasteiger partial charge in [0, 0.05) is 25.1 Å². The van der Waals surface area contributed by atoms with Gasteiger partial charge in [0.15, 0.2) is 0 Å². The number of hydrogen-bond acceptors (Lipinski definition) is 3. The average molecular weight is 235 g/mol. The molecule has 0 radical (unpaired) electrons. The van der Waals surface area contributed by atoms with Crippen LogP contribution < -0.4 is 10.1 Å². The Balaban J connectivity index is 2.66. The van der Waals surface area contributed by atoms with Crippen LogP contribution in [-0.4, -0.2) is 19.4 Å². The number of Topliss-reactive ketones (excluding diaryl/α,β-unsaturated/α-hetero) is 1. The lowest BCUT2D eigenvalue weighted by Gasteiger charge is -2.13. The van der Waals surface area contributed by atoms with Gasteiger partial charge in [0.05, 0.1) is 7.11 Å². The Hall–Kier alpha value is -1.35. The molecular weight excluding hydrogens is 214 g/mol. The fraction of sp³-hybridized carbons (Fsp3) is 0.500. The zero-order chi connectivity index (χ0) is 12.8. The molecule has 0 heterocycles. The highest BCUT2D eigenvalue weighted by Gasteiger charge is 2.07. The highest BCUT2D eigenvalue weighted by atomic mass is 16.5. The number of ether oxygens (including phenoxy) is 1. The molecule has 0 saturated heterocycles. The number of carbonyl (C=O) groups excluding carboxylic acids is 1. The minimum Gasteiger partial charge on any atom is -0.496 e. The summed E-state index contributed by atoms with van der Waals surface area (Å²) >= 11 is 0. The van der Waals surface area contributed by atoms with E-state index in [1.807, 2.05) is 6.92 Å². The van der Waals surface area contributed by atoms with Gasteiger partial charge in [-0.2, -0.15) is 0 Å². The predicted molar refractivity (Wildman–Crippen MR) is 69.5 cm³/mol. The van der Waals surface area contributed by atoms with Crippen LogP contribution >= 0.6 is 0 Å². The van der Waals surface area contributed by atoms with E-state index in [4.69, 9.17) is 4.74 Å². The SMILES string of the molecule is COc1c(C)cc(C)cc1CNCCC(C)=O. The van der Waals surface area contributed by atoms with E-state index in [-0.39, 0.29) is 5.78 Å². The Morgan fingerprint density at radius 2 is 2.06 bits per heavy atom. The summed E-state index contributed by atoms with van der Waals surface area (Å²) < 4.78 is 5.40. The number of nitrogens with one attached hydrogen (secondary N) is 1. The Morgan fingerprint density at radius 1 is 1.35 bits per heavy atom. The van der Waals surface area contributed by atoms with Gasteiger partial charge in [-0.25, -0.2) is 0 Å². The van der Waals surface area contributed by atoms with E-state index in [0.29, 0.717) is 13.0 Å². The molecule has 0 unspecified atom stereocenters. The lowest BCUT2D eigenvalue weighted by molar-refractivity contribution is -0.116. The summed E-state index contributed by atoms with van der Waals surface area (Å²) in [7, 11) is 1.69. The van der Waals surface area contributed by atoms with E-state index in [9.17, 15) is 4.79 Å². The number of aryl methyl sites for hydroxylation is 2. The Morgan fingerprint density at radius 3 is 2.65 bits per heavy atom. The van der Waals surface area contributed by atoms with Gasteiger partial charge in [-0.05, 0) is 26.3 Å². The van der Waals surface area contributed by atoms with Crippen LogP contribution in [0.3, 0.4) is 0 Å². The molecule has 0 aromatic heterocycles. The van der Waals surface area contributed by atoms with Crippen LogP contribution in [0, 0.1) is 13.8 Å². The quantitative estimate of drug-likeness (QED) is 0.769. The molecule has 0 amide bonds. The first-order valence-corrected chi connectivity index (χ1v) is 5.89. The Kier molecular flexibility index (Phi) is 5.16. The summed E-state index contributed by atoms with van der Waals surface area (Å²) in [5.41, 5.74) is 3.52. The zero-order valence-electron chi connectivity index (χ0n) is 11.1. The first kappa shape index (κ1) is 13.7. The van der Waals surface area contributed by atoms with Crippen molar-refractivity contribution in [2.45, 2.75) is 33.7 Å². The number of methoxy groups -OCH3 is 1. The van der Waals surface area contributed by atoms with E-state index in [0.717, 1.165) is 23.4 Å². The average Bonchev–Trinajstić information content (AvgIpc) is 2.23. The van der Waals surface area contributed by atoms with E-state index in [1.54, 1.807) is 14.0 Å². The van der Waals surface area contributed by atoms with E-state index < -0.39 is 0 Å². The van der Waals surface area contributed by atoms with Crippen LogP contribution in [-0.2, 0) is 11.3 Å². The number of ketones is 1. The van der Waals surface area contributed by atoms with Gasteiger partial charge in [0.2, 0.25) is 0 Å². The summed E-state index contributed by atoms with van der Waals surface area (Å²) in [6, 6.07) is 4.23. The minimum absolute atomic E-state index is 0.213. The van der Waals surface area contributed by atoms with Gasteiger partial charge in [0.1, 0.15) is 11.5 Å². The van der Waals surface area contributed by atoms with Crippen LogP contribution in [0.15, 0.2) is 12.1 Å². The molecule has 0 aliphatic carbocycles. The molecule has 0 bridgehead atoms. The third kappa shape index (κ3) is 4.19. The lowest BCUT2D eigenvalue weighted by Crippen LogP contribution is -2.17. The van der Waals surface area contributed by atoms with E-state index in [1.165, 1.54) is 5.56 Å². The molecule has 0 spiro atoms. The fourth-order valence-corrected chi connectivity index (χ4v) is 1.95. The molecular formula is C14H21NO2. The number of rotatable bonds is 6. The van der Waals surface area contributed by atoms with Crippen LogP contribution in [0.25, 0.3) is 0 Å². The predicted octanol–water partition coefficient (Wildman–Crippen LogP) is 2.38. The summed E-state index contributed by atoms with van der Waals surface area (Å²) in [4.78, 5) is 10.8. The fourth-order valence-electron chi connectivity index (χ4n) is 1.95. The molecule has 94 valence electrons. The van der Waals surface area contributed by atoms with Gasteiger partial charge < -0.3 is 10.1 Å². The van der Waals surface area contributed by atoms with Crippen LogP contribution in [0.4, 0.5) is 0 Å². The van der Waals surface area contributed by atoms with Gasteiger partial charge >= 0.3 is 0 Å². The molecule has 1 N–H and O–H groups in total. The Bertz CT molecular complexity index is 399. The van der Waals surface area contributed by atoms with Crippen LogP contribution in [0.5, 0.6) is 5.75 Å². The monoisotopic (exact) mass is 235 g/mol. The van der Waals surface area contributed by atoms with Crippen LogP contribution in [0.2, 0.25) is 0 Å². The second-order valence-electron chi connectivity index (χ2n) is 4.40. The lowest BCUT2D eigenvalue weighted by atomic mass is 10.1. The van der Waals surface area contributed by atoms with Crippen molar-refractivity contribution in [2.24, 2.45) is 0 Å². The molecule has 0 aliphatic heterocycles. The maximum atomic E-state index is 10.8. The molecule has 1 aromatic carbocycles. The molecule has 1 rings (SSSR count). The second kappa shape index (κ2) is 6.40. The number of carbonyl (C=O) groups is 1. The summed E-state index contributed by atoms with van der Waals surface area (Å²) in [6.07, 6.45) is 0.577. The van der Waals surface area contributed by atoms with Crippen LogP contribution in [0.1, 0.15) is 30.0 Å². The first-order valence-electron chi connectivity index (χ1n) is 5.89. The van der Waals surface area contributed by atoms with Crippen molar-refractivity contribution < 1.29 is 9.53 Å². The summed E-state index contributed by atoms with van der Waals surface area (Å²) in [6.45, 7) is 7.18. The van der Waals surface area contributed by atoms with Crippen molar-refractivity contribution >= 4 is 5.78 Å². The summed E-state index contributed by atoms with van der Waals surface area (Å²) in [5, 5.41) is 3.26. The van der Waals surface area contributed by atoms with Gasteiger partial charge in [-0.15, -0.1) is 0 Å². The van der Waals surface area contributed by atoms with E-state index >= 15 is 0 Å². The summed E-state index contributed by atoms with van der Waals surface area (Å²) in [5.74, 6) is 1.15. The molecule has 0 saturated carbocycles. The molecule has 3 nitrogen and oxygen atoms in total. The molecule has 0 atom stereocenters. The minimum atomic E-state index is 0.213. The van der Waals surface area contributed by atoms with Crippen molar-refractivity contribution in [1.29, 1.82) is 0 Å². The van der Waals surface area contributed by atoms with Crippen molar-refractivity contribution in [1.82, 2.24) is 5.32 Å². The maximum Gasteiger partial charge on any atom is 0.131 e. The highest BCUT2D eigenvalue weighted by molar-refractivity contribution is 5.75. The van der Waals surface area contributed by atoms with Crippen molar-refractivity contribution in [2.75, 3.05) is 13.7 Å². The third-order valence-electron chi connectivity index (χ3n) is 2.67. The topological polar surface area (TPSA) is 38.3 Å². The highest BCUT2D eigenvalue weighted by Crippen LogP contribution is 2.24. The third-order valence-corrected chi connectivity index (χ3v) is 2.67. The van der Waals surface area contributed by atoms with Crippen molar-refractivity contribution in [3.63, 3.8) is 0 Å². The van der Waals surface area contributed by atoms with Crippen molar-refractivity contribution in [3.05, 3.63) is 28.8 Å². The second-order valence-corrected chi connectivity index (χ2v) is 4.40. The van der Waals surface area contributed by atoms with Gasteiger partial charge in [-0.1, -0.05) is 17.7 Å². The van der Waals surface area contributed by atoms with Gasteiger partial charge in [-0.3, -0.25) is 4.79 Å². The first-order chi connectivity index (χ1) is 8.04. The zero-order valence-corrected chi connectivity index (χ0v) is 11.1. The normalized spacial score (nSPS) is 10.4. The van der Waals surface area contributed by atoms with Crippen molar-refractivity contribution in [3.8, 4) is 5.75 Å². The number of hydrogen-bond donors (Lipinski definition) is 1. The number of benzene rings is 1. The van der Waals surface area contributed by atoms with E-state index in [2.05, 4.69) is 24.4 Å². The smallest absolute Gasteiger partial charge is 0.131 e. The molecule has 17 heavy (non-hydrogen) atoms. The largest absolute Gasteiger partial charge is 0.496 e. The Labute approximate surface area is 103 Å². The van der Waals surface area contributed by atoms with Gasteiger partial charge in [0.25, 0.3) is 0 Å². The molecule has 1 aromatic rings. The molecule has 0 aliphatic rings.